The molecule has 0 unspecified atom stereocenters. The smallest absolute Gasteiger partial charge is 0.262 e. The molecule has 0 saturated carbocycles. The number of hydrogen-bond acceptors (Lipinski definition) is 6. The van der Waals surface area contributed by atoms with E-state index in [4.69, 9.17) is 9.47 Å². The summed E-state index contributed by atoms with van der Waals surface area (Å²) in [5.41, 5.74) is 3.88. The summed E-state index contributed by atoms with van der Waals surface area (Å²) in [6.07, 6.45) is -0.0296. The predicted molar refractivity (Wildman–Crippen MR) is 159 cm³/mol. The first-order valence-corrected chi connectivity index (χ1v) is 15.2. The van der Waals surface area contributed by atoms with Crippen LogP contribution in [0, 0.1) is 6.92 Å². The zero-order chi connectivity index (χ0) is 29.1. The molecule has 9 heteroatoms. The van der Waals surface area contributed by atoms with Gasteiger partial charge in [0.15, 0.2) is 0 Å². The summed E-state index contributed by atoms with van der Waals surface area (Å²) in [5.74, 6) is 0.0565. The normalized spacial score (nSPS) is 12.9. The fourth-order valence-electron chi connectivity index (χ4n) is 5.32. The van der Waals surface area contributed by atoms with Crippen molar-refractivity contribution in [2.75, 3.05) is 18.1 Å². The molecule has 0 aliphatic carbocycles. The van der Waals surface area contributed by atoms with Crippen LogP contribution in [0.3, 0.4) is 0 Å². The number of hydrogen-bond donors (Lipinski definition) is 1. The quantitative estimate of drug-likeness (QED) is 0.277. The largest absolute Gasteiger partial charge is 0.493 e. The van der Waals surface area contributed by atoms with E-state index < -0.39 is 15.9 Å². The van der Waals surface area contributed by atoms with E-state index in [2.05, 4.69) is 4.72 Å². The first kappa shape index (κ1) is 28.2. The van der Waals surface area contributed by atoms with E-state index in [1.807, 2.05) is 51.1 Å². The van der Waals surface area contributed by atoms with Gasteiger partial charge in [0.05, 0.1) is 37.5 Å². The number of aryl methyl sites for hydroxylation is 1. The van der Waals surface area contributed by atoms with Crippen molar-refractivity contribution < 1.29 is 27.5 Å². The predicted octanol–water partition coefficient (Wildman–Crippen LogP) is 5.29. The Kier molecular flexibility index (Phi) is 7.99. The Labute approximate surface area is 239 Å². The zero-order valence-electron chi connectivity index (χ0n) is 23.3. The summed E-state index contributed by atoms with van der Waals surface area (Å²) >= 11 is 0. The molecule has 4 aromatic carbocycles. The van der Waals surface area contributed by atoms with Crippen molar-refractivity contribution in [3.05, 3.63) is 101 Å². The number of rotatable bonds is 10. The van der Waals surface area contributed by atoms with Gasteiger partial charge in [0.1, 0.15) is 11.5 Å². The lowest BCUT2D eigenvalue weighted by atomic mass is 9.99. The van der Waals surface area contributed by atoms with Crippen molar-refractivity contribution in [2.24, 2.45) is 0 Å². The van der Waals surface area contributed by atoms with Crippen LogP contribution in [0.25, 0.3) is 10.8 Å². The Hall–Kier alpha value is -4.37. The van der Waals surface area contributed by atoms with Crippen LogP contribution in [0.1, 0.15) is 46.5 Å². The van der Waals surface area contributed by atoms with Crippen molar-refractivity contribution in [3.63, 3.8) is 0 Å². The molecule has 0 aromatic heterocycles. The number of fused-ring (bicyclic) bond motifs is 2. The van der Waals surface area contributed by atoms with Crippen LogP contribution in [0.15, 0.2) is 72.8 Å². The molecule has 0 atom stereocenters. The van der Waals surface area contributed by atoms with Gasteiger partial charge in [-0.15, -0.1) is 0 Å². The molecule has 0 saturated heterocycles. The van der Waals surface area contributed by atoms with Crippen molar-refractivity contribution in [1.29, 1.82) is 0 Å². The molecule has 8 nitrogen and oxygen atoms in total. The summed E-state index contributed by atoms with van der Waals surface area (Å²) in [7, 11) is -3.92. The van der Waals surface area contributed by atoms with E-state index in [1.54, 1.807) is 47.4 Å². The van der Waals surface area contributed by atoms with E-state index in [9.17, 15) is 18.0 Å². The number of nitrogens with zero attached hydrogens (tertiary/aromatic N) is 1. The van der Waals surface area contributed by atoms with E-state index in [0.717, 1.165) is 27.5 Å². The highest BCUT2D eigenvalue weighted by Crippen LogP contribution is 2.46. The number of nitrogens with one attached hydrogen (secondary N) is 1. The third kappa shape index (κ3) is 5.76. The number of carbonyl (C=O) groups is 2. The Morgan fingerprint density at radius 2 is 1.51 bits per heavy atom. The molecule has 1 aliphatic heterocycles. The van der Waals surface area contributed by atoms with Gasteiger partial charge in [0.25, 0.3) is 5.91 Å². The standard InChI is InChI=1S/C32H32N2O6S/c1-4-39-30-24-13-9-10-14-25(24)31(40-5-2)29-26(30)19-34(32(29)36)27-16-15-23(17-21(27)3)20-41(37,38)33-28(35)18-22-11-7-6-8-12-22/h6-17H,4-5,18-20H2,1-3H3,(H,33,35). The Morgan fingerprint density at radius 3 is 2.17 bits per heavy atom. The van der Waals surface area contributed by atoms with Gasteiger partial charge in [-0.05, 0) is 43.5 Å². The highest BCUT2D eigenvalue weighted by molar-refractivity contribution is 7.89. The highest BCUT2D eigenvalue weighted by atomic mass is 32.2. The molecule has 0 spiro atoms. The summed E-state index contributed by atoms with van der Waals surface area (Å²) in [4.78, 5) is 27.9. The average molecular weight is 573 g/mol. The van der Waals surface area contributed by atoms with Gasteiger partial charge in [0, 0.05) is 22.0 Å². The molecule has 2 amide bonds. The maximum atomic E-state index is 13.9. The summed E-state index contributed by atoms with van der Waals surface area (Å²) < 4.78 is 39.7. The molecule has 0 radical (unpaired) electrons. The van der Waals surface area contributed by atoms with Gasteiger partial charge < -0.3 is 14.4 Å². The lowest BCUT2D eigenvalue weighted by Crippen LogP contribution is -2.32. The van der Waals surface area contributed by atoms with Crippen LogP contribution < -0.4 is 19.1 Å². The lowest BCUT2D eigenvalue weighted by Gasteiger charge is -2.19. The monoisotopic (exact) mass is 572 g/mol. The van der Waals surface area contributed by atoms with Crippen LogP contribution in [-0.2, 0) is 33.5 Å². The number of anilines is 1. The molecule has 212 valence electrons. The third-order valence-electron chi connectivity index (χ3n) is 6.96. The zero-order valence-corrected chi connectivity index (χ0v) is 24.1. The minimum absolute atomic E-state index is 0.0296. The molecule has 1 heterocycles. The second-order valence-corrected chi connectivity index (χ2v) is 11.6. The summed E-state index contributed by atoms with van der Waals surface area (Å²) in [6, 6.07) is 21.8. The lowest BCUT2D eigenvalue weighted by molar-refractivity contribution is -0.118. The van der Waals surface area contributed by atoms with Gasteiger partial charge in [-0.3, -0.25) is 14.3 Å². The molecule has 0 bridgehead atoms. The van der Waals surface area contributed by atoms with Crippen LogP contribution in [-0.4, -0.2) is 33.4 Å². The molecular formula is C32H32N2O6S. The van der Waals surface area contributed by atoms with Gasteiger partial charge in [0.2, 0.25) is 15.9 Å². The minimum Gasteiger partial charge on any atom is -0.493 e. The highest BCUT2D eigenvalue weighted by Gasteiger charge is 2.37. The van der Waals surface area contributed by atoms with Crippen LogP contribution in [0.2, 0.25) is 0 Å². The van der Waals surface area contributed by atoms with Crippen LogP contribution >= 0.6 is 0 Å². The first-order valence-electron chi connectivity index (χ1n) is 13.5. The Morgan fingerprint density at radius 1 is 0.878 bits per heavy atom. The average Bonchev–Trinajstić information content (AvgIpc) is 3.27. The van der Waals surface area contributed by atoms with E-state index in [-0.39, 0.29) is 18.1 Å². The van der Waals surface area contributed by atoms with E-state index >= 15 is 0 Å². The van der Waals surface area contributed by atoms with Gasteiger partial charge in [-0.2, -0.15) is 0 Å². The van der Waals surface area contributed by atoms with Crippen LogP contribution in [0.4, 0.5) is 5.69 Å². The molecule has 5 rings (SSSR count). The topological polar surface area (TPSA) is 102 Å². The number of ether oxygens (including phenoxy) is 2. The molecule has 41 heavy (non-hydrogen) atoms. The summed E-state index contributed by atoms with van der Waals surface area (Å²) in [6.45, 7) is 6.77. The first-order chi connectivity index (χ1) is 19.7. The number of sulfonamides is 1. The van der Waals surface area contributed by atoms with E-state index in [1.165, 1.54) is 0 Å². The molecule has 1 aliphatic rings. The maximum Gasteiger partial charge on any atom is 0.262 e. The van der Waals surface area contributed by atoms with Crippen molar-refractivity contribution in [3.8, 4) is 11.5 Å². The Bertz CT molecular complexity index is 1730. The SMILES string of the molecule is CCOc1c2c(c(OCC)c3ccccc13)C(=O)N(c1ccc(CS(=O)(=O)NC(=O)Cc3ccccc3)cc1C)C2. The minimum atomic E-state index is -3.92. The fourth-order valence-corrected chi connectivity index (χ4v) is 6.43. The molecule has 1 N–H and O–H groups in total. The summed E-state index contributed by atoms with van der Waals surface area (Å²) in [5, 5.41) is 1.70. The third-order valence-corrected chi connectivity index (χ3v) is 8.21. The second-order valence-electron chi connectivity index (χ2n) is 9.88. The number of benzene rings is 4. The Balaban J connectivity index is 1.41. The number of amides is 2. The maximum absolute atomic E-state index is 13.9. The van der Waals surface area contributed by atoms with E-state index in [0.29, 0.717) is 48.1 Å². The molecule has 4 aromatic rings. The second kappa shape index (κ2) is 11.6. The van der Waals surface area contributed by atoms with Crippen molar-refractivity contribution in [1.82, 2.24) is 4.72 Å². The van der Waals surface area contributed by atoms with Crippen LogP contribution in [0.5, 0.6) is 11.5 Å². The fraction of sp³-hybridized carbons (Fsp3) is 0.250. The molecule has 0 fully saturated rings. The number of carbonyl (C=O) groups excluding carboxylic acids is 2. The van der Waals surface area contributed by atoms with Crippen molar-refractivity contribution >= 4 is 38.3 Å². The van der Waals surface area contributed by atoms with Crippen molar-refractivity contribution in [2.45, 2.75) is 39.5 Å². The van der Waals surface area contributed by atoms with Gasteiger partial charge in [-0.1, -0.05) is 66.7 Å². The van der Waals surface area contributed by atoms with Gasteiger partial charge >= 0.3 is 0 Å². The van der Waals surface area contributed by atoms with Gasteiger partial charge in [-0.25, -0.2) is 8.42 Å². The molecular weight excluding hydrogens is 540 g/mol.